The lowest BCUT2D eigenvalue weighted by molar-refractivity contribution is 0.303. The van der Waals surface area contributed by atoms with Crippen LogP contribution in [0.1, 0.15) is 30.1 Å². The summed E-state index contributed by atoms with van der Waals surface area (Å²) in [5, 5.41) is 0. The number of rotatable bonds is 4. The molecule has 1 aliphatic rings. The van der Waals surface area contributed by atoms with Crippen LogP contribution < -0.4 is 10.5 Å². The van der Waals surface area contributed by atoms with Crippen LogP contribution in [0.4, 0.5) is 4.39 Å². The molecule has 1 heterocycles. The van der Waals surface area contributed by atoms with E-state index in [0.29, 0.717) is 11.8 Å². The molecule has 1 aliphatic carbocycles. The number of nitrogens with zero attached hydrogens (tertiary/aromatic N) is 1. The Labute approximate surface area is 111 Å². The first-order valence-electron chi connectivity index (χ1n) is 6.36. The Kier molecular flexibility index (Phi) is 3.17. The largest absolute Gasteiger partial charge is 0.490 e. The fourth-order valence-electron chi connectivity index (χ4n) is 1.90. The van der Waals surface area contributed by atoms with E-state index < -0.39 is 0 Å². The number of hydrogen-bond donors (Lipinski definition) is 1. The summed E-state index contributed by atoms with van der Waals surface area (Å²) in [7, 11) is 0. The molecule has 0 spiro atoms. The maximum absolute atomic E-state index is 12.8. The molecular weight excluding hydrogens is 243 g/mol. The van der Waals surface area contributed by atoms with Crippen molar-refractivity contribution in [2.24, 2.45) is 5.73 Å². The number of halogens is 1. The van der Waals surface area contributed by atoms with E-state index in [-0.39, 0.29) is 11.9 Å². The minimum Gasteiger partial charge on any atom is -0.490 e. The van der Waals surface area contributed by atoms with Crippen molar-refractivity contribution in [2.75, 3.05) is 0 Å². The Morgan fingerprint density at radius 1 is 1.26 bits per heavy atom. The summed E-state index contributed by atoms with van der Waals surface area (Å²) < 4.78 is 18.6. The van der Waals surface area contributed by atoms with E-state index in [9.17, 15) is 4.39 Å². The van der Waals surface area contributed by atoms with Crippen LogP contribution in [0.5, 0.6) is 5.75 Å². The highest BCUT2D eigenvalue weighted by atomic mass is 19.1. The molecule has 4 heteroatoms. The first-order chi connectivity index (χ1) is 9.22. The van der Waals surface area contributed by atoms with Gasteiger partial charge in [-0.2, -0.15) is 0 Å². The van der Waals surface area contributed by atoms with Gasteiger partial charge in [-0.1, -0.05) is 12.1 Å². The second kappa shape index (κ2) is 4.97. The molecule has 1 saturated carbocycles. The maximum atomic E-state index is 12.8. The molecule has 0 saturated heterocycles. The zero-order valence-electron chi connectivity index (χ0n) is 10.4. The van der Waals surface area contributed by atoms with E-state index in [2.05, 4.69) is 4.98 Å². The number of hydrogen-bond acceptors (Lipinski definition) is 3. The molecule has 2 N–H and O–H groups in total. The Balaban J connectivity index is 1.81. The quantitative estimate of drug-likeness (QED) is 0.917. The minimum atomic E-state index is -0.372. The van der Waals surface area contributed by atoms with Gasteiger partial charge < -0.3 is 10.5 Å². The maximum Gasteiger partial charge on any atom is 0.141 e. The van der Waals surface area contributed by atoms with Gasteiger partial charge in [-0.3, -0.25) is 4.98 Å². The van der Waals surface area contributed by atoms with Gasteiger partial charge >= 0.3 is 0 Å². The molecule has 0 amide bonds. The SMILES string of the molecule is NC(c1cccc(OC2CC2)c1)c1ccc(F)cn1. The van der Waals surface area contributed by atoms with Crippen molar-refractivity contribution < 1.29 is 9.13 Å². The Bertz CT molecular complexity index is 567. The Morgan fingerprint density at radius 2 is 2.11 bits per heavy atom. The van der Waals surface area contributed by atoms with Crippen molar-refractivity contribution in [1.29, 1.82) is 0 Å². The summed E-state index contributed by atoms with van der Waals surface area (Å²) in [6, 6.07) is 10.3. The molecule has 2 aromatic rings. The van der Waals surface area contributed by atoms with Crippen LogP contribution in [0.25, 0.3) is 0 Å². The fourth-order valence-corrected chi connectivity index (χ4v) is 1.90. The molecule has 1 aromatic carbocycles. The molecule has 1 aromatic heterocycles. The molecule has 0 bridgehead atoms. The summed E-state index contributed by atoms with van der Waals surface area (Å²) >= 11 is 0. The minimum absolute atomic E-state index is 0.357. The number of ether oxygens (including phenoxy) is 1. The van der Waals surface area contributed by atoms with Crippen LogP contribution in [-0.4, -0.2) is 11.1 Å². The number of nitrogens with two attached hydrogens (primary N) is 1. The highest BCUT2D eigenvalue weighted by molar-refractivity contribution is 5.34. The average Bonchev–Trinajstić information content (AvgIpc) is 3.23. The molecular formula is C15H15FN2O. The van der Waals surface area contributed by atoms with Gasteiger partial charge in [-0.15, -0.1) is 0 Å². The van der Waals surface area contributed by atoms with Crippen LogP contribution in [0.2, 0.25) is 0 Å². The van der Waals surface area contributed by atoms with Gasteiger partial charge in [0.05, 0.1) is 24.0 Å². The molecule has 0 radical (unpaired) electrons. The second-order valence-corrected chi connectivity index (χ2v) is 4.77. The number of aromatic nitrogens is 1. The summed E-state index contributed by atoms with van der Waals surface area (Å²) in [6.07, 6.45) is 3.78. The van der Waals surface area contributed by atoms with E-state index in [1.807, 2.05) is 24.3 Å². The topological polar surface area (TPSA) is 48.1 Å². The fraction of sp³-hybridized carbons (Fsp3) is 0.267. The third kappa shape index (κ3) is 2.90. The zero-order chi connectivity index (χ0) is 13.2. The second-order valence-electron chi connectivity index (χ2n) is 4.77. The normalized spacial score (nSPS) is 16.1. The molecule has 3 rings (SSSR count). The van der Waals surface area contributed by atoms with Gasteiger partial charge in [0.15, 0.2) is 0 Å². The lowest BCUT2D eigenvalue weighted by atomic mass is 10.0. The summed E-state index contributed by atoms with van der Waals surface area (Å²) in [4.78, 5) is 4.02. The van der Waals surface area contributed by atoms with Crippen LogP contribution in [0.15, 0.2) is 42.6 Å². The van der Waals surface area contributed by atoms with Crippen LogP contribution in [0, 0.1) is 5.82 Å². The third-order valence-corrected chi connectivity index (χ3v) is 3.11. The first-order valence-corrected chi connectivity index (χ1v) is 6.36. The molecule has 1 atom stereocenters. The van der Waals surface area contributed by atoms with Crippen LogP contribution in [0.3, 0.4) is 0 Å². The monoisotopic (exact) mass is 258 g/mol. The van der Waals surface area contributed by atoms with Gasteiger partial charge in [0.25, 0.3) is 0 Å². The zero-order valence-corrected chi connectivity index (χ0v) is 10.4. The Morgan fingerprint density at radius 3 is 2.79 bits per heavy atom. The van der Waals surface area contributed by atoms with Crippen molar-refractivity contribution in [3.8, 4) is 5.75 Å². The van der Waals surface area contributed by atoms with E-state index >= 15 is 0 Å². The van der Waals surface area contributed by atoms with E-state index in [1.165, 1.54) is 12.3 Å². The molecule has 1 unspecified atom stereocenters. The summed E-state index contributed by atoms with van der Waals surface area (Å²) in [5.74, 6) is 0.472. The standard InChI is InChI=1S/C15H15FN2O/c16-11-4-7-14(18-9-11)15(17)10-2-1-3-13(8-10)19-12-5-6-12/h1-4,7-9,12,15H,5-6,17H2. The van der Waals surface area contributed by atoms with E-state index in [1.54, 1.807) is 6.07 Å². The summed E-state index contributed by atoms with van der Waals surface area (Å²) in [5.41, 5.74) is 7.70. The van der Waals surface area contributed by atoms with Crippen LogP contribution >= 0.6 is 0 Å². The highest BCUT2D eigenvalue weighted by Gasteiger charge is 2.23. The molecule has 3 nitrogen and oxygen atoms in total. The van der Waals surface area contributed by atoms with Crippen molar-refractivity contribution >= 4 is 0 Å². The van der Waals surface area contributed by atoms with Crippen molar-refractivity contribution in [3.05, 3.63) is 59.7 Å². The number of pyridine rings is 1. The predicted molar refractivity (Wildman–Crippen MR) is 70.3 cm³/mol. The Hall–Kier alpha value is -1.94. The van der Waals surface area contributed by atoms with Crippen molar-refractivity contribution in [1.82, 2.24) is 4.98 Å². The predicted octanol–water partition coefficient (Wildman–Crippen LogP) is 2.81. The lowest BCUT2D eigenvalue weighted by Crippen LogP contribution is -2.13. The van der Waals surface area contributed by atoms with Gasteiger partial charge in [0.1, 0.15) is 11.6 Å². The third-order valence-electron chi connectivity index (χ3n) is 3.11. The first kappa shape index (κ1) is 12.1. The summed E-state index contributed by atoms with van der Waals surface area (Å²) in [6.45, 7) is 0. The smallest absolute Gasteiger partial charge is 0.141 e. The molecule has 98 valence electrons. The average molecular weight is 258 g/mol. The van der Waals surface area contributed by atoms with Gasteiger partial charge in [0, 0.05) is 0 Å². The van der Waals surface area contributed by atoms with Crippen molar-refractivity contribution in [3.63, 3.8) is 0 Å². The molecule has 0 aliphatic heterocycles. The molecule has 19 heavy (non-hydrogen) atoms. The van der Waals surface area contributed by atoms with Crippen molar-refractivity contribution in [2.45, 2.75) is 25.0 Å². The van der Waals surface area contributed by atoms with Gasteiger partial charge in [-0.25, -0.2) is 4.39 Å². The number of benzene rings is 1. The highest BCUT2D eigenvalue weighted by Crippen LogP contribution is 2.28. The lowest BCUT2D eigenvalue weighted by Gasteiger charge is -2.13. The molecule has 1 fully saturated rings. The van der Waals surface area contributed by atoms with Crippen LogP contribution in [-0.2, 0) is 0 Å². The van der Waals surface area contributed by atoms with Gasteiger partial charge in [0.2, 0.25) is 0 Å². The van der Waals surface area contributed by atoms with E-state index in [0.717, 1.165) is 24.2 Å². The van der Waals surface area contributed by atoms with E-state index in [4.69, 9.17) is 10.5 Å². The van der Waals surface area contributed by atoms with Gasteiger partial charge in [-0.05, 0) is 42.7 Å².